The first kappa shape index (κ1) is 21.9. The second-order valence-electron chi connectivity index (χ2n) is 6.76. The van der Waals surface area contributed by atoms with Crippen LogP contribution in [0.15, 0.2) is 96.3 Å². The summed E-state index contributed by atoms with van der Waals surface area (Å²) >= 11 is 0. The fourth-order valence-electron chi connectivity index (χ4n) is 2.76. The lowest BCUT2D eigenvalue weighted by Gasteiger charge is -2.09. The second-order valence-corrected chi connectivity index (χ2v) is 8.44. The van der Waals surface area contributed by atoms with Crippen LogP contribution in [0, 0.1) is 5.82 Å². The van der Waals surface area contributed by atoms with Crippen molar-refractivity contribution in [3.63, 3.8) is 0 Å². The van der Waals surface area contributed by atoms with E-state index in [2.05, 4.69) is 20.0 Å². The highest BCUT2D eigenvalue weighted by Gasteiger charge is 2.15. The van der Waals surface area contributed by atoms with Crippen molar-refractivity contribution >= 4 is 27.3 Å². The van der Waals surface area contributed by atoms with Gasteiger partial charge in [0.15, 0.2) is 0 Å². The number of amides is 1. The number of hydrogen-bond acceptors (Lipinski definition) is 6. The highest BCUT2D eigenvalue weighted by molar-refractivity contribution is 7.92. The van der Waals surface area contributed by atoms with Gasteiger partial charge in [0.1, 0.15) is 11.6 Å². The van der Waals surface area contributed by atoms with Gasteiger partial charge >= 0.3 is 0 Å². The standard InChI is InChI=1S/C23H17FN4O4S/c24-17-3-6-20(7-4-17)32-22-10-5-19(15-26-22)27-23(29)16-1-8-21(9-2-16)33(30,31)28-18-11-13-25-14-12-18/h1-15H,(H,25,28)(H,27,29). The third kappa shape index (κ3) is 5.69. The number of benzene rings is 2. The van der Waals surface area contributed by atoms with Crippen LogP contribution in [0.4, 0.5) is 15.8 Å². The molecular formula is C23H17FN4O4S. The first-order valence-electron chi connectivity index (χ1n) is 9.63. The molecule has 2 aromatic heterocycles. The van der Waals surface area contributed by atoms with E-state index in [1.807, 2.05) is 0 Å². The summed E-state index contributed by atoms with van der Waals surface area (Å²) in [6.07, 6.45) is 4.36. The molecule has 2 N–H and O–H groups in total. The number of nitrogens with zero attached hydrogens (tertiary/aromatic N) is 2. The molecule has 0 aliphatic rings. The largest absolute Gasteiger partial charge is 0.439 e. The average molecular weight is 464 g/mol. The topological polar surface area (TPSA) is 110 Å². The third-order valence-electron chi connectivity index (χ3n) is 4.39. The van der Waals surface area contributed by atoms with Crippen LogP contribution < -0.4 is 14.8 Å². The summed E-state index contributed by atoms with van der Waals surface area (Å²) in [6, 6.07) is 17.2. The molecule has 1 amide bonds. The van der Waals surface area contributed by atoms with Crippen LogP contribution >= 0.6 is 0 Å². The van der Waals surface area contributed by atoms with Crippen molar-refractivity contribution in [3.8, 4) is 11.6 Å². The number of carbonyl (C=O) groups is 1. The van der Waals surface area contributed by atoms with Crippen molar-refractivity contribution in [3.05, 3.63) is 103 Å². The van der Waals surface area contributed by atoms with Crippen molar-refractivity contribution in [2.24, 2.45) is 0 Å². The zero-order chi connectivity index (χ0) is 23.3. The molecule has 0 unspecified atom stereocenters. The summed E-state index contributed by atoms with van der Waals surface area (Å²) in [5, 5.41) is 2.68. The van der Waals surface area contributed by atoms with E-state index in [-0.39, 0.29) is 22.2 Å². The van der Waals surface area contributed by atoms with Gasteiger partial charge < -0.3 is 10.1 Å². The maximum Gasteiger partial charge on any atom is 0.261 e. The molecule has 0 spiro atoms. The van der Waals surface area contributed by atoms with Crippen LogP contribution in [0.1, 0.15) is 10.4 Å². The Balaban J connectivity index is 1.38. The van der Waals surface area contributed by atoms with E-state index in [1.54, 1.807) is 12.1 Å². The highest BCUT2D eigenvalue weighted by Crippen LogP contribution is 2.21. The average Bonchev–Trinajstić information content (AvgIpc) is 2.82. The van der Waals surface area contributed by atoms with Gasteiger partial charge in [-0.3, -0.25) is 14.5 Å². The number of carbonyl (C=O) groups excluding carboxylic acids is 1. The van der Waals surface area contributed by atoms with E-state index < -0.39 is 15.9 Å². The fraction of sp³-hybridized carbons (Fsp3) is 0. The lowest BCUT2D eigenvalue weighted by Crippen LogP contribution is -2.15. The molecule has 0 saturated heterocycles. The van der Waals surface area contributed by atoms with Gasteiger partial charge in [-0.1, -0.05) is 0 Å². The van der Waals surface area contributed by atoms with Gasteiger partial charge in [-0.25, -0.2) is 17.8 Å². The van der Waals surface area contributed by atoms with E-state index in [0.717, 1.165) is 0 Å². The van der Waals surface area contributed by atoms with E-state index >= 15 is 0 Å². The maximum absolute atomic E-state index is 13.0. The smallest absolute Gasteiger partial charge is 0.261 e. The minimum Gasteiger partial charge on any atom is -0.439 e. The predicted molar refractivity (Wildman–Crippen MR) is 120 cm³/mol. The zero-order valence-electron chi connectivity index (χ0n) is 17.0. The summed E-state index contributed by atoms with van der Waals surface area (Å²) < 4.78 is 45.9. The molecule has 166 valence electrons. The number of nitrogens with one attached hydrogen (secondary N) is 2. The van der Waals surface area contributed by atoms with Crippen molar-refractivity contribution in [1.82, 2.24) is 9.97 Å². The Morgan fingerprint density at radius 3 is 2.18 bits per heavy atom. The SMILES string of the molecule is O=C(Nc1ccc(Oc2ccc(F)cc2)nc1)c1ccc(S(=O)(=O)Nc2ccncc2)cc1. The number of hydrogen-bond donors (Lipinski definition) is 2. The molecule has 0 bridgehead atoms. The lowest BCUT2D eigenvalue weighted by molar-refractivity contribution is 0.102. The van der Waals surface area contributed by atoms with E-state index in [4.69, 9.17) is 4.74 Å². The van der Waals surface area contributed by atoms with Crippen LogP contribution in [-0.2, 0) is 10.0 Å². The van der Waals surface area contributed by atoms with Gasteiger partial charge in [0.25, 0.3) is 15.9 Å². The molecule has 2 heterocycles. The number of aromatic nitrogens is 2. The number of rotatable bonds is 7. The molecule has 0 aliphatic heterocycles. The molecule has 0 fully saturated rings. The molecule has 4 aromatic rings. The number of ether oxygens (including phenoxy) is 1. The molecule has 0 atom stereocenters. The lowest BCUT2D eigenvalue weighted by atomic mass is 10.2. The van der Waals surface area contributed by atoms with Gasteiger partial charge in [0, 0.05) is 24.0 Å². The van der Waals surface area contributed by atoms with Crippen molar-refractivity contribution < 1.29 is 22.3 Å². The Bertz CT molecular complexity index is 1350. The van der Waals surface area contributed by atoms with Crippen LogP contribution in [0.2, 0.25) is 0 Å². The molecule has 0 aliphatic carbocycles. The first-order chi connectivity index (χ1) is 15.9. The molecular weight excluding hydrogens is 447 g/mol. The van der Waals surface area contributed by atoms with E-state index in [0.29, 0.717) is 17.1 Å². The Hall–Kier alpha value is -4.31. The normalized spacial score (nSPS) is 10.9. The minimum atomic E-state index is -3.80. The number of anilines is 2. The zero-order valence-corrected chi connectivity index (χ0v) is 17.8. The molecule has 0 saturated carbocycles. The number of sulfonamides is 1. The Labute approximate surface area is 189 Å². The van der Waals surface area contributed by atoms with Crippen LogP contribution in [-0.4, -0.2) is 24.3 Å². The molecule has 4 rings (SSSR count). The molecule has 2 aromatic carbocycles. The van der Waals surface area contributed by atoms with Crippen molar-refractivity contribution in [1.29, 1.82) is 0 Å². The maximum atomic E-state index is 13.0. The van der Waals surface area contributed by atoms with Gasteiger partial charge in [-0.2, -0.15) is 0 Å². The summed E-state index contributed by atoms with van der Waals surface area (Å²) in [5.74, 6) is -0.107. The molecule has 33 heavy (non-hydrogen) atoms. The second kappa shape index (κ2) is 9.45. The molecule has 0 radical (unpaired) electrons. The highest BCUT2D eigenvalue weighted by atomic mass is 32.2. The van der Waals surface area contributed by atoms with Crippen molar-refractivity contribution in [2.45, 2.75) is 4.90 Å². The van der Waals surface area contributed by atoms with Crippen LogP contribution in [0.5, 0.6) is 11.6 Å². The first-order valence-corrected chi connectivity index (χ1v) is 11.1. The number of pyridine rings is 2. The summed E-state index contributed by atoms with van der Waals surface area (Å²) in [6.45, 7) is 0. The van der Waals surface area contributed by atoms with Crippen molar-refractivity contribution in [2.75, 3.05) is 10.0 Å². The minimum absolute atomic E-state index is 0.0137. The quantitative estimate of drug-likeness (QED) is 0.418. The van der Waals surface area contributed by atoms with Crippen LogP contribution in [0.3, 0.4) is 0 Å². The van der Waals surface area contributed by atoms with E-state index in [1.165, 1.54) is 79.3 Å². The monoisotopic (exact) mass is 464 g/mol. The predicted octanol–water partition coefficient (Wildman–Crippen LogP) is 4.46. The fourth-order valence-corrected chi connectivity index (χ4v) is 3.82. The Kier molecular flexibility index (Phi) is 6.27. The Morgan fingerprint density at radius 1 is 0.848 bits per heavy atom. The Morgan fingerprint density at radius 2 is 1.55 bits per heavy atom. The third-order valence-corrected chi connectivity index (χ3v) is 5.79. The van der Waals surface area contributed by atoms with E-state index in [9.17, 15) is 17.6 Å². The number of halogens is 1. The van der Waals surface area contributed by atoms with Gasteiger partial charge in [-0.15, -0.1) is 0 Å². The summed E-state index contributed by atoms with van der Waals surface area (Å²) in [5.41, 5.74) is 1.07. The van der Waals surface area contributed by atoms with Crippen LogP contribution in [0.25, 0.3) is 0 Å². The summed E-state index contributed by atoms with van der Waals surface area (Å²) in [7, 11) is -3.80. The molecule has 8 nitrogen and oxygen atoms in total. The van der Waals surface area contributed by atoms with Gasteiger partial charge in [0.2, 0.25) is 5.88 Å². The summed E-state index contributed by atoms with van der Waals surface area (Å²) in [4.78, 5) is 20.5. The van der Waals surface area contributed by atoms with Gasteiger partial charge in [-0.05, 0) is 66.7 Å². The van der Waals surface area contributed by atoms with Gasteiger partial charge in [0.05, 0.1) is 22.5 Å². The molecule has 10 heteroatoms.